The fourth-order valence-corrected chi connectivity index (χ4v) is 3.39. The summed E-state index contributed by atoms with van der Waals surface area (Å²) >= 11 is 0. The molecule has 0 radical (unpaired) electrons. The summed E-state index contributed by atoms with van der Waals surface area (Å²) < 4.78 is 1.84. The lowest BCUT2D eigenvalue weighted by Crippen LogP contribution is -2.42. The van der Waals surface area contributed by atoms with Gasteiger partial charge >= 0.3 is 6.03 Å². The summed E-state index contributed by atoms with van der Waals surface area (Å²) in [6.45, 7) is 5.12. The van der Waals surface area contributed by atoms with E-state index in [2.05, 4.69) is 15.3 Å². The van der Waals surface area contributed by atoms with Crippen LogP contribution in [0.5, 0.6) is 0 Å². The average molecular weight is 343 g/mol. The third-order valence-electron chi connectivity index (χ3n) is 4.73. The summed E-state index contributed by atoms with van der Waals surface area (Å²) in [5.41, 5.74) is 1.95. The number of carbonyl (C=O) groups excluding carboxylic acids is 1. The zero-order valence-corrected chi connectivity index (χ0v) is 14.9. The molecule has 1 unspecified atom stereocenters. The zero-order chi connectivity index (χ0) is 18.0. The van der Waals surface area contributed by atoms with Crippen molar-refractivity contribution in [1.29, 1.82) is 0 Å². The van der Waals surface area contributed by atoms with Crippen molar-refractivity contribution in [2.45, 2.75) is 32.8 Å². The van der Waals surface area contributed by atoms with Gasteiger partial charge in [-0.05, 0) is 50.3 Å². The molecule has 1 atom stereocenters. The Labute approximate surface area is 147 Å². The van der Waals surface area contributed by atoms with Crippen molar-refractivity contribution < 1.29 is 9.90 Å². The van der Waals surface area contributed by atoms with E-state index >= 15 is 0 Å². The Kier molecular flexibility index (Phi) is 5.03. The van der Waals surface area contributed by atoms with Crippen LogP contribution in [0.3, 0.4) is 0 Å². The van der Waals surface area contributed by atoms with Gasteiger partial charge in [0, 0.05) is 38.2 Å². The Hall–Kier alpha value is -2.41. The highest BCUT2D eigenvalue weighted by molar-refractivity contribution is 5.88. The molecule has 0 saturated carbocycles. The number of nitrogens with zero attached hydrogens (tertiary/aromatic N) is 4. The first-order chi connectivity index (χ1) is 11.9. The van der Waals surface area contributed by atoms with Crippen molar-refractivity contribution >= 4 is 11.8 Å². The topological polar surface area (TPSA) is 83.3 Å². The molecule has 0 aliphatic carbocycles. The van der Waals surface area contributed by atoms with E-state index in [0.717, 1.165) is 24.1 Å². The quantitative estimate of drug-likeness (QED) is 0.896. The van der Waals surface area contributed by atoms with Crippen LogP contribution in [0.1, 0.15) is 36.0 Å². The van der Waals surface area contributed by atoms with Gasteiger partial charge in [0.15, 0.2) is 0 Å². The average Bonchev–Trinajstić information content (AvgIpc) is 2.99. The van der Waals surface area contributed by atoms with Gasteiger partial charge in [-0.1, -0.05) is 0 Å². The molecule has 2 amide bonds. The first-order valence-electron chi connectivity index (χ1n) is 8.60. The lowest BCUT2D eigenvalue weighted by Gasteiger charge is -2.33. The molecule has 7 heteroatoms. The number of aliphatic hydroxyl groups is 1. The van der Waals surface area contributed by atoms with Crippen LogP contribution >= 0.6 is 0 Å². The SMILES string of the molecule is Cc1cc(C)nc(NC(=O)N2CCC(C(O)c3nccn3C)CC2)c1. The maximum Gasteiger partial charge on any atom is 0.323 e. The Morgan fingerprint density at radius 3 is 2.64 bits per heavy atom. The van der Waals surface area contributed by atoms with Crippen LogP contribution in [0.4, 0.5) is 10.6 Å². The summed E-state index contributed by atoms with van der Waals surface area (Å²) in [7, 11) is 1.88. The number of amides is 2. The number of aromatic nitrogens is 3. The normalized spacial score (nSPS) is 16.7. The van der Waals surface area contributed by atoms with Crippen molar-refractivity contribution in [2.75, 3.05) is 18.4 Å². The summed E-state index contributed by atoms with van der Waals surface area (Å²) in [5.74, 6) is 1.38. The molecule has 1 fully saturated rings. The van der Waals surface area contributed by atoms with Crippen LogP contribution in [-0.4, -0.2) is 43.7 Å². The van der Waals surface area contributed by atoms with Gasteiger partial charge in [0.05, 0.1) is 0 Å². The summed E-state index contributed by atoms with van der Waals surface area (Å²) in [5, 5.41) is 13.4. The van der Waals surface area contributed by atoms with Gasteiger partial charge < -0.3 is 14.6 Å². The number of nitrogens with one attached hydrogen (secondary N) is 1. The monoisotopic (exact) mass is 343 g/mol. The number of likely N-dealkylation sites (tertiary alicyclic amines) is 1. The van der Waals surface area contributed by atoms with Crippen LogP contribution in [0.2, 0.25) is 0 Å². The van der Waals surface area contributed by atoms with E-state index in [1.807, 2.05) is 43.8 Å². The molecule has 3 heterocycles. The number of carbonyl (C=O) groups is 1. The minimum Gasteiger partial charge on any atom is -0.385 e. The lowest BCUT2D eigenvalue weighted by atomic mass is 9.91. The van der Waals surface area contributed by atoms with E-state index in [1.54, 1.807) is 11.1 Å². The number of pyridine rings is 1. The van der Waals surface area contributed by atoms with Gasteiger partial charge in [0.2, 0.25) is 0 Å². The number of hydrogen-bond donors (Lipinski definition) is 2. The van der Waals surface area contributed by atoms with Crippen LogP contribution in [0, 0.1) is 19.8 Å². The molecule has 0 spiro atoms. The number of piperidine rings is 1. The van der Waals surface area contributed by atoms with Gasteiger partial charge in [-0.2, -0.15) is 0 Å². The Morgan fingerprint density at radius 1 is 1.32 bits per heavy atom. The molecule has 2 N–H and O–H groups in total. The molecule has 2 aromatic rings. The lowest BCUT2D eigenvalue weighted by molar-refractivity contribution is 0.0599. The van der Waals surface area contributed by atoms with Crippen molar-refractivity contribution in [3.8, 4) is 0 Å². The van der Waals surface area contributed by atoms with Crippen LogP contribution in [-0.2, 0) is 7.05 Å². The molecule has 0 bridgehead atoms. The predicted molar refractivity (Wildman–Crippen MR) is 95.2 cm³/mol. The van der Waals surface area contributed by atoms with Crippen LogP contribution in [0.15, 0.2) is 24.5 Å². The van der Waals surface area contributed by atoms with Crippen LogP contribution < -0.4 is 5.32 Å². The molecule has 7 nitrogen and oxygen atoms in total. The van der Waals surface area contributed by atoms with Gasteiger partial charge in [0.1, 0.15) is 17.7 Å². The van der Waals surface area contributed by atoms with E-state index in [4.69, 9.17) is 0 Å². The molecular formula is C18H25N5O2. The van der Waals surface area contributed by atoms with E-state index < -0.39 is 6.10 Å². The third-order valence-corrected chi connectivity index (χ3v) is 4.73. The smallest absolute Gasteiger partial charge is 0.323 e. The minimum absolute atomic E-state index is 0.115. The van der Waals surface area contributed by atoms with E-state index in [-0.39, 0.29) is 11.9 Å². The molecule has 134 valence electrons. The first kappa shape index (κ1) is 17.4. The maximum absolute atomic E-state index is 12.4. The molecule has 2 aromatic heterocycles. The number of anilines is 1. The van der Waals surface area contributed by atoms with Crippen molar-refractivity contribution in [2.24, 2.45) is 13.0 Å². The number of rotatable bonds is 3. The number of aliphatic hydroxyl groups excluding tert-OH is 1. The second-order valence-electron chi connectivity index (χ2n) is 6.77. The molecule has 0 aromatic carbocycles. The van der Waals surface area contributed by atoms with Gasteiger partial charge in [0.25, 0.3) is 0 Å². The van der Waals surface area contributed by atoms with E-state index in [1.165, 1.54) is 0 Å². The van der Waals surface area contributed by atoms with Crippen molar-refractivity contribution in [1.82, 2.24) is 19.4 Å². The summed E-state index contributed by atoms with van der Waals surface area (Å²) in [6, 6.07) is 3.70. The Balaban J connectivity index is 1.56. The maximum atomic E-state index is 12.4. The van der Waals surface area contributed by atoms with Gasteiger partial charge in [-0.25, -0.2) is 14.8 Å². The molecule has 1 aliphatic rings. The van der Waals surface area contributed by atoms with Crippen molar-refractivity contribution in [3.63, 3.8) is 0 Å². The molecule has 1 aliphatic heterocycles. The highest BCUT2D eigenvalue weighted by atomic mass is 16.3. The fourth-order valence-electron chi connectivity index (χ4n) is 3.39. The Morgan fingerprint density at radius 2 is 2.04 bits per heavy atom. The first-order valence-corrected chi connectivity index (χ1v) is 8.60. The summed E-state index contributed by atoms with van der Waals surface area (Å²) in [4.78, 5) is 22.8. The van der Waals surface area contributed by atoms with E-state index in [0.29, 0.717) is 24.7 Å². The molecule has 25 heavy (non-hydrogen) atoms. The van der Waals surface area contributed by atoms with Crippen molar-refractivity contribution in [3.05, 3.63) is 41.6 Å². The largest absolute Gasteiger partial charge is 0.385 e. The second kappa shape index (κ2) is 7.23. The highest BCUT2D eigenvalue weighted by Gasteiger charge is 2.30. The standard InChI is InChI=1S/C18H25N5O2/c1-12-10-13(2)20-15(11-12)21-18(25)23-7-4-14(5-8-23)16(24)17-19-6-9-22(17)3/h6,9-11,14,16,24H,4-5,7-8H2,1-3H3,(H,20,21,25). The molecule has 1 saturated heterocycles. The van der Waals surface area contributed by atoms with E-state index in [9.17, 15) is 9.90 Å². The van der Waals surface area contributed by atoms with Crippen LogP contribution in [0.25, 0.3) is 0 Å². The number of urea groups is 1. The third kappa shape index (κ3) is 3.99. The number of aryl methyl sites for hydroxylation is 3. The van der Waals surface area contributed by atoms with Gasteiger partial charge in [-0.15, -0.1) is 0 Å². The molecule has 3 rings (SSSR count). The fraction of sp³-hybridized carbons (Fsp3) is 0.500. The number of imidazole rings is 1. The Bertz CT molecular complexity index is 729. The molecular weight excluding hydrogens is 318 g/mol. The van der Waals surface area contributed by atoms with Gasteiger partial charge in [-0.3, -0.25) is 5.32 Å². The predicted octanol–water partition coefficient (Wildman–Crippen LogP) is 2.41. The summed E-state index contributed by atoms with van der Waals surface area (Å²) in [6.07, 6.45) is 4.44. The highest BCUT2D eigenvalue weighted by Crippen LogP contribution is 2.29. The second-order valence-corrected chi connectivity index (χ2v) is 6.77. The zero-order valence-electron chi connectivity index (χ0n) is 14.9. The number of hydrogen-bond acceptors (Lipinski definition) is 4. The minimum atomic E-state index is -0.591.